The number of hydrogen-bond donors (Lipinski definition) is 1. The number of benzene rings is 1. The van der Waals surface area contributed by atoms with Crippen molar-refractivity contribution >= 4 is 11.6 Å². The molecule has 88 valence electrons. The molecule has 1 N–H and O–H groups in total. The van der Waals surface area contributed by atoms with E-state index in [9.17, 15) is 0 Å². The Kier molecular flexibility index (Phi) is 4.45. The highest BCUT2D eigenvalue weighted by Crippen LogP contribution is 2.15. The molecule has 1 saturated heterocycles. The molecule has 1 atom stereocenters. The summed E-state index contributed by atoms with van der Waals surface area (Å²) in [5.41, 5.74) is 0. The van der Waals surface area contributed by atoms with Crippen molar-refractivity contribution in [3.05, 3.63) is 29.3 Å². The molecule has 1 fully saturated rings. The molecule has 0 saturated carbocycles. The average Bonchev–Trinajstić information content (AvgIpc) is 2.80. The Labute approximate surface area is 101 Å². The number of rotatable bonds is 5. The Morgan fingerprint density at radius 1 is 1.38 bits per heavy atom. The van der Waals surface area contributed by atoms with Crippen LogP contribution in [0.3, 0.4) is 0 Å². The summed E-state index contributed by atoms with van der Waals surface area (Å²) < 4.78 is 10.8. The maximum atomic E-state index is 5.78. The number of nitrogens with one attached hydrogen (secondary N) is 1. The van der Waals surface area contributed by atoms with Crippen molar-refractivity contribution in [3.63, 3.8) is 0 Å². The second-order valence-corrected chi connectivity index (χ2v) is 4.25. The Balaban J connectivity index is 1.62. The van der Waals surface area contributed by atoms with E-state index in [0.717, 1.165) is 37.0 Å². The van der Waals surface area contributed by atoms with Gasteiger partial charge in [-0.05, 0) is 30.7 Å². The molecule has 1 aliphatic heterocycles. The zero-order chi connectivity index (χ0) is 11.2. The molecule has 0 spiro atoms. The lowest BCUT2D eigenvalue weighted by Crippen LogP contribution is -2.32. The van der Waals surface area contributed by atoms with Crippen LogP contribution in [0, 0.1) is 0 Å². The fourth-order valence-electron chi connectivity index (χ4n) is 1.66. The molecule has 4 heteroatoms. The summed E-state index contributed by atoms with van der Waals surface area (Å²) in [6, 6.07) is 7.90. The lowest BCUT2D eigenvalue weighted by Gasteiger charge is -2.11. The van der Waals surface area contributed by atoms with Crippen molar-refractivity contribution in [1.29, 1.82) is 0 Å². The van der Waals surface area contributed by atoms with Crippen molar-refractivity contribution in [2.24, 2.45) is 0 Å². The topological polar surface area (TPSA) is 30.5 Å². The summed E-state index contributed by atoms with van der Waals surface area (Å²) in [6.45, 7) is 3.20. The summed E-state index contributed by atoms with van der Waals surface area (Å²) in [5.74, 6) is 0.855. The summed E-state index contributed by atoms with van der Waals surface area (Å²) >= 11 is 5.78. The van der Waals surface area contributed by atoms with Gasteiger partial charge in [-0.3, -0.25) is 0 Å². The van der Waals surface area contributed by atoms with Crippen LogP contribution in [0.5, 0.6) is 5.75 Å². The van der Waals surface area contributed by atoms with Crippen molar-refractivity contribution in [2.45, 2.75) is 12.5 Å². The van der Waals surface area contributed by atoms with Crippen LogP contribution in [0.25, 0.3) is 0 Å². The van der Waals surface area contributed by atoms with Gasteiger partial charge < -0.3 is 14.8 Å². The maximum Gasteiger partial charge on any atom is 0.119 e. The van der Waals surface area contributed by atoms with Crippen LogP contribution in [0.15, 0.2) is 24.3 Å². The van der Waals surface area contributed by atoms with Gasteiger partial charge >= 0.3 is 0 Å². The molecule has 0 bridgehead atoms. The van der Waals surface area contributed by atoms with Gasteiger partial charge in [0.1, 0.15) is 12.4 Å². The highest BCUT2D eigenvalue weighted by Gasteiger charge is 2.13. The van der Waals surface area contributed by atoms with Crippen molar-refractivity contribution in [1.82, 2.24) is 5.32 Å². The van der Waals surface area contributed by atoms with Gasteiger partial charge in [-0.15, -0.1) is 0 Å². The van der Waals surface area contributed by atoms with E-state index in [-0.39, 0.29) is 0 Å². The Morgan fingerprint density at radius 2 is 2.19 bits per heavy atom. The standard InChI is InChI=1S/C12H16ClNO2/c13-10-1-3-12(4-2-10)16-8-6-14-11-5-7-15-9-11/h1-4,11,14H,5-9H2. The first kappa shape index (κ1) is 11.7. The van der Waals surface area contributed by atoms with E-state index in [2.05, 4.69) is 5.32 Å². The van der Waals surface area contributed by atoms with Gasteiger partial charge in [-0.1, -0.05) is 11.6 Å². The first-order valence-corrected chi connectivity index (χ1v) is 5.92. The fraction of sp³-hybridized carbons (Fsp3) is 0.500. The molecule has 16 heavy (non-hydrogen) atoms. The lowest BCUT2D eigenvalue weighted by atomic mass is 10.3. The minimum atomic E-state index is 0.494. The van der Waals surface area contributed by atoms with Gasteiger partial charge in [0.25, 0.3) is 0 Å². The molecular weight excluding hydrogens is 226 g/mol. The third-order valence-corrected chi connectivity index (χ3v) is 2.80. The monoisotopic (exact) mass is 241 g/mol. The third kappa shape index (κ3) is 3.67. The molecule has 0 amide bonds. The molecule has 1 aromatic rings. The van der Waals surface area contributed by atoms with Crippen LogP contribution in [0.2, 0.25) is 5.02 Å². The van der Waals surface area contributed by atoms with E-state index in [1.54, 1.807) is 0 Å². The van der Waals surface area contributed by atoms with Gasteiger partial charge in [0.15, 0.2) is 0 Å². The summed E-state index contributed by atoms with van der Waals surface area (Å²) in [6.07, 6.45) is 1.10. The summed E-state index contributed by atoms with van der Waals surface area (Å²) in [4.78, 5) is 0. The van der Waals surface area contributed by atoms with Crippen LogP contribution in [0.4, 0.5) is 0 Å². The smallest absolute Gasteiger partial charge is 0.119 e. The maximum absolute atomic E-state index is 5.78. The normalized spacial score (nSPS) is 19.9. The minimum Gasteiger partial charge on any atom is -0.492 e. The van der Waals surface area contributed by atoms with Gasteiger partial charge in [-0.2, -0.15) is 0 Å². The van der Waals surface area contributed by atoms with E-state index in [1.165, 1.54) is 0 Å². The van der Waals surface area contributed by atoms with Gasteiger partial charge in [0.05, 0.1) is 6.61 Å². The molecule has 1 aromatic carbocycles. The molecule has 0 aromatic heterocycles. The third-order valence-electron chi connectivity index (χ3n) is 2.55. The second-order valence-electron chi connectivity index (χ2n) is 3.82. The average molecular weight is 242 g/mol. The summed E-state index contributed by atoms with van der Waals surface area (Å²) in [5, 5.41) is 4.12. The number of ether oxygens (including phenoxy) is 2. The Morgan fingerprint density at radius 3 is 2.88 bits per heavy atom. The SMILES string of the molecule is Clc1ccc(OCCNC2CCOC2)cc1. The van der Waals surface area contributed by atoms with E-state index in [1.807, 2.05) is 24.3 Å². The van der Waals surface area contributed by atoms with E-state index in [4.69, 9.17) is 21.1 Å². The molecule has 1 heterocycles. The van der Waals surface area contributed by atoms with Crippen molar-refractivity contribution in [3.8, 4) is 5.75 Å². The van der Waals surface area contributed by atoms with E-state index in [0.29, 0.717) is 12.6 Å². The van der Waals surface area contributed by atoms with Crippen LogP contribution in [0.1, 0.15) is 6.42 Å². The quantitative estimate of drug-likeness (QED) is 0.801. The van der Waals surface area contributed by atoms with Gasteiger partial charge in [0, 0.05) is 24.2 Å². The molecule has 1 aliphatic rings. The van der Waals surface area contributed by atoms with E-state index >= 15 is 0 Å². The highest BCUT2D eigenvalue weighted by molar-refractivity contribution is 6.30. The predicted octanol–water partition coefficient (Wildman–Crippen LogP) is 2.10. The summed E-state index contributed by atoms with van der Waals surface area (Å²) in [7, 11) is 0. The second kappa shape index (κ2) is 6.09. The zero-order valence-corrected chi connectivity index (χ0v) is 9.87. The van der Waals surface area contributed by atoms with Crippen LogP contribution in [-0.4, -0.2) is 32.4 Å². The molecule has 1 unspecified atom stereocenters. The predicted molar refractivity (Wildman–Crippen MR) is 64.2 cm³/mol. The molecular formula is C12H16ClNO2. The van der Waals surface area contributed by atoms with Crippen LogP contribution in [-0.2, 0) is 4.74 Å². The lowest BCUT2D eigenvalue weighted by molar-refractivity contribution is 0.188. The molecule has 3 nitrogen and oxygen atoms in total. The van der Waals surface area contributed by atoms with Gasteiger partial charge in [0.2, 0.25) is 0 Å². The van der Waals surface area contributed by atoms with Crippen LogP contribution >= 0.6 is 11.6 Å². The molecule has 0 radical (unpaired) electrons. The fourth-order valence-corrected chi connectivity index (χ4v) is 1.78. The van der Waals surface area contributed by atoms with E-state index < -0.39 is 0 Å². The van der Waals surface area contributed by atoms with Crippen molar-refractivity contribution in [2.75, 3.05) is 26.4 Å². The molecule has 2 rings (SSSR count). The van der Waals surface area contributed by atoms with Gasteiger partial charge in [-0.25, -0.2) is 0 Å². The highest BCUT2D eigenvalue weighted by atomic mass is 35.5. The first-order chi connectivity index (χ1) is 7.84. The largest absolute Gasteiger partial charge is 0.492 e. The Bertz CT molecular complexity index is 309. The number of halogens is 1. The van der Waals surface area contributed by atoms with Crippen LogP contribution < -0.4 is 10.1 Å². The molecule has 0 aliphatic carbocycles. The zero-order valence-electron chi connectivity index (χ0n) is 9.12. The van der Waals surface area contributed by atoms with Crippen molar-refractivity contribution < 1.29 is 9.47 Å². The minimum absolute atomic E-state index is 0.494. The first-order valence-electron chi connectivity index (χ1n) is 5.54. The number of hydrogen-bond acceptors (Lipinski definition) is 3. The Hall–Kier alpha value is -0.770.